The molecule has 6 rings (SSSR count). The van der Waals surface area contributed by atoms with Crippen LogP contribution in [0.4, 0.5) is 10.6 Å². The quantitative estimate of drug-likeness (QED) is 0.288. The zero-order chi connectivity index (χ0) is 30.0. The minimum atomic E-state index is -0.469. The van der Waals surface area contributed by atoms with Crippen LogP contribution in [-0.2, 0) is 4.74 Å². The number of benzene rings is 2. The molecule has 1 amide bonds. The number of amides is 1. The van der Waals surface area contributed by atoms with Gasteiger partial charge in [0.15, 0.2) is 5.65 Å². The van der Waals surface area contributed by atoms with Crippen molar-refractivity contribution in [2.45, 2.75) is 58.1 Å². The van der Waals surface area contributed by atoms with Crippen molar-refractivity contribution in [1.29, 1.82) is 0 Å². The van der Waals surface area contributed by atoms with E-state index in [1.807, 2.05) is 80.3 Å². The van der Waals surface area contributed by atoms with E-state index in [4.69, 9.17) is 20.3 Å². The lowest BCUT2D eigenvalue weighted by atomic mass is 9.95. The summed E-state index contributed by atoms with van der Waals surface area (Å²) in [5.74, 6) is 2.53. The summed E-state index contributed by atoms with van der Waals surface area (Å²) >= 11 is 0. The first-order valence-corrected chi connectivity index (χ1v) is 15.3. The summed E-state index contributed by atoms with van der Waals surface area (Å²) in [4.78, 5) is 25.8. The number of carbonyl (C=O) groups excluding carboxylic acids is 1. The van der Waals surface area contributed by atoms with E-state index in [0.717, 1.165) is 92.2 Å². The molecule has 2 saturated heterocycles. The number of hydrogen-bond acceptors (Lipinski definition) is 8. The lowest BCUT2D eigenvalue weighted by Crippen LogP contribution is -2.45. The maximum Gasteiger partial charge on any atom is 0.410 e. The Labute approximate surface area is 252 Å². The Morgan fingerprint density at radius 2 is 1.67 bits per heavy atom. The molecule has 1 atom stereocenters. The average Bonchev–Trinajstić information content (AvgIpc) is 3.39. The molecule has 10 nitrogen and oxygen atoms in total. The molecule has 226 valence electrons. The Morgan fingerprint density at radius 3 is 2.40 bits per heavy atom. The Balaban J connectivity index is 1.15. The number of anilines is 1. The van der Waals surface area contributed by atoms with Gasteiger partial charge in [-0.3, -0.25) is 0 Å². The van der Waals surface area contributed by atoms with Crippen molar-refractivity contribution in [3.8, 4) is 22.8 Å². The molecule has 0 saturated carbocycles. The molecule has 0 bridgehead atoms. The molecule has 1 unspecified atom stereocenters. The van der Waals surface area contributed by atoms with Crippen molar-refractivity contribution in [2.75, 3.05) is 38.5 Å². The fraction of sp³-hybridized carbons (Fsp3) is 0.455. The molecule has 2 aromatic heterocycles. The fourth-order valence-corrected chi connectivity index (χ4v) is 6.14. The van der Waals surface area contributed by atoms with Crippen LogP contribution in [0.5, 0.6) is 11.5 Å². The maximum absolute atomic E-state index is 12.5. The number of rotatable bonds is 6. The Kier molecular flexibility index (Phi) is 8.21. The number of nitrogens with two attached hydrogens (primary N) is 1. The molecule has 4 aromatic rings. The highest BCUT2D eigenvalue weighted by Crippen LogP contribution is 2.35. The number of ether oxygens (including phenoxy) is 2. The highest BCUT2D eigenvalue weighted by atomic mass is 16.6. The predicted molar refractivity (Wildman–Crippen MR) is 167 cm³/mol. The van der Waals surface area contributed by atoms with Gasteiger partial charge in [0.05, 0.1) is 11.4 Å². The molecule has 2 aliphatic heterocycles. The van der Waals surface area contributed by atoms with E-state index in [-0.39, 0.29) is 12.1 Å². The zero-order valence-corrected chi connectivity index (χ0v) is 25.3. The average molecular weight is 584 g/mol. The van der Waals surface area contributed by atoms with Gasteiger partial charge in [0.1, 0.15) is 34.9 Å². The normalized spacial score (nSPS) is 18.6. The van der Waals surface area contributed by atoms with Crippen LogP contribution in [0, 0.1) is 5.92 Å². The SMILES string of the molecule is CC(C)(C)OC(=O)N1CCC(CN2CCCC(n3nc(-c4ccc(Oc5ccccc5)cc4)c4c(N)ncnc43)C2)CC1. The summed E-state index contributed by atoms with van der Waals surface area (Å²) in [7, 11) is 0. The molecule has 2 fully saturated rings. The first kappa shape index (κ1) is 28.9. The van der Waals surface area contributed by atoms with Gasteiger partial charge in [-0.15, -0.1) is 0 Å². The lowest BCUT2D eigenvalue weighted by molar-refractivity contribution is 0.0162. The molecule has 2 aliphatic rings. The van der Waals surface area contributed by atoms with Crippen molar-refractivity contribution < 1.29 is 14.3 Å². The number of carbonyl (C=O) groups is 1. The predicted octanol–water partition coefficient (Wildman–Crippen LogP) is 6.15. The molecule has 0 aliphatic carbocycles. The Bertz CT molecular complexity index is 1540. The molecule has 4 heterocycles. The van der Waals surface area contributed by atoms with Crippen LogP contribution in [0.2, 0.25) is 0 Å². The number of para-hydroxylation sites is 1. The van der Waals surface area contributed by atoms with Crippen molar-refractivity contribution in [1.82, 2.24) is 29.5 Å². The van der Waals surface area contributed by atoms with E-state index >= 15 is 0 Å². The second kappa shape index (κ2) is 12.2. The summed E-state index contributed by atoms with van der Waals surface area (Å²) < 4.78 is 13.6. The smallest absolute Gasteiger partial charge is 0.410 e. The van der Waals surface area contributed by atoms with E-state index in [1.165, 1.54) is 6.33 Å². The van der Waals surface area contributed by atoms with E-state index < -0.39 is 5.60 Å². The third-order valence-corrected chi connectivity index (χ3v) is 8.23. The van der Waals surface area contributed by atoms with Crippen LogP contribution in [0.25, 0.3) is 22.3 Å². The van der Waals surface area contributed by atoms with Crippen molar-refractivity contribution in [3.05, 3.63) is 60.9 Å². The Hall–Kier alpha value is -4.18. The number of hydrogen-bond donors (Lipinski definition) is 1. The van der Waals surface area contributed by atoms with Gasteiger partial charge in [-0.1, -0.05) is 18.2 Å². The fourth-order valence-electron chi connectivity index (χ4n) is 6.14. The van der Waals surface area contributed by atoms with Gasteiger partial charge in [0, 0.05) is 31.7 Å². The van der Waals surface area contributed by atoms with Crippen LogP contribution in [0.3, 0.4) is 0 Å². The van der Waals surface area contributed by atoms with Gasteiger partial charge in [-0.25, -0.2) is 19.4 Å². The highest BCUT2D eigenvalue weighted by molar-refractivity contribution is 5.98. The number of likely N-dealkylation sites (tertiary alicyclic amines) is 2. The largest absolute Gasteiger partial charge is 0.457 e. The summed E-state index contributed by atoms with van der Waals surface area (Å²) in [5.41, 5.74) is 8.43. The van der Waals surface area contributed by atoms with Crippen molar-refractivity contribution >= 4 is 22.9 Å². The van der Waals surface area contributed by atoms with Gasteiger partial charge < -0.3 is 25.0 Å². The lowest BCUT2D eigenvalue weighted by Gasteiger charge is -2.38. The van der Waals surface area contributed by atoms with Crippen LogP contribution < -0.4 is 10.5 Å². The monoisotopic (exact) mass is 583 g/mol. The minimum absolute atomic E-state index is 0.182. The van der Waals surface area contributed by atoms with Crippen LogP contribution >= 0.6 is 0 Å². The summed E-state index contributed by atoms with van der Waals surface area (Å²) in [6.45, 7) is 10.2. The van der Waals surface area contributed by atoms with E-state index in [0.29, 0.717) is 11.7 Å². The number of nitrogens with zero attached hydrogens (tertiary/aromatic N) is 6. The van der Waals surface area contributed by atoms with E-state index in [2.05, 4.69) is 19.5 Å². The van der Waals surface area contributed by atoms with Crippen LogP contribution in [0.15, 0.2) is 60.9 Å². The van der Waals surface area contributed by atoms with Gasteiger partial charge >= 0.3 is 6.09 Å². The van der Waals surface area contributed by atoms with Crippen LogP contribution in [0.1, 0.15) is 52.5 Å². The molecule has 0 radical (unpaired) electrons. The molecular formula is C33H41N7O3. The van der Waals surface area contributed by atoms with Gasteiger partial charge in [0.2, 0.25) is 0 Å². The van der Waals surface area contributed by atoms with Crippen molar-refractivity contribution in [3.63, 3.8) is 0 Å². The third kappa shape index (κ3) is 6.74. The van der Waals surface area contributed by atoms with E-state index in [9.17, 15) is 4.79 Å². The first-order valence-electron chi connectivity index (χ1n) is 15.3. The topological polar surface area (TPSA) is 112 Å². The number of piperidine rings is 2. The van der Waals surface area contributed by atoms with Gasteiger partial charge in [-0.05, 0) is 95.3 Å². The number of fused-ring (bicyclic) bond motifs is 1. The standard InChI is InChI=1S/C33H41N7O3/c1-33(2,3)43-32(41)39-18-15-23(16-19-39)20-38-17-7-8-25(21-38)40-31-28(30(34)35-22-36-31)29(37-40)24-11-13-27(14-12-24)42-26-9-5-4-6-10-26/h4-6,9-14,22-23,25H,7-8,15-21H2,1-3H3,(H2,34,35,36). The molecular weight excluding hydrogens is 542 g/mol. The first-order chi connectivity index (χ1) is 20.7. The zero-order valence-electron chi connectivity index (χ0n) is 25.3. The van der Waals surface area contributed by atoms with E-state index in [1.54, 1.807) is 0 Å². The molecule has 2 N–H and O–H groups in total. The Morgan fingerprint density at radius 1 is 0.953 bits per heavy atom. The molecule has 43 heavy (non-hydrogen) atoms. The summed E-state index contributed by atoms with van der Waals surface area (Å²) in [6, 6.07) is 17.8. The summed E-state index contributed by atoms with van der Waals surface area (Å²) in [6.07, 6.45) is 5.41. The van der Waals surface area contributed by atoms with Gasteiger partial charge in [0.25, 0.3) is 0 Å². The highest BCUT2D eigenvalue weighted by Gasteiger charge is 2.31. The van der Waals surface area contributed by atoms with Gasteiger partial charge in [-0.2, -0.15) is 5.10 Å². The summed E-state index contributed by atoms with van der Waals surface area (Å²) in [5, 5.41) is 5.89. The van der Waals surface area contributed by atoms with Crippen molar-refractivity contribution in [2.24, 2.45) is 5.92 Å². The molecule has 10 heteroatoms. The number of aromatic nitrogens is 4. The second-order valence-electron chi connectivity index (χ2n) is 12.7. The third-order valence-electron chi connectivity index (χ3n) is 8.23. The second-order valence-corrected chi connectivity index (χ2v) is 12.7. The maximum atomic E-state index is 12.5. The molecule has 2 aromatic carbocycles. The number of nitrogen functional groups attached to an aromatic ring is 1. The molecule has 0 spiro atoms. The minimum Gasteiger partial charge on any atom is -0.457 e. The van der Waals surface area contributed by atoms with Crippen LogP contribution in [-0.4, -0.2) is 74.0 Å².